The van der Waals surface area contributed by atoms with E-state index in [4.69, 9.17) is 9.57 Å². The average molecular weight is 393 g/mol. The number of nitrogens with zero attached hydrogens (tertiary/aromatic N) is 3. The summed E-state index contributed by atoms with van der Waals surface area (Å²) in [6, 6.07) is 12.6. The number of ether oxygens (including phenoxy) is 1. The first-order valence-corrected chi connectivity index (χ1v) is 9.22. The molecule has 0 bridgehead atoms. The lowest BCUT2D eigenvalue weighted by molar-refractivity contribution is 0.0680. The maximum absolute atomic E-state index is 13.1. The maximum Gasteiger partial charge on any atom is 0.254 e. The number of oxime groups is 1. The van der Waals surface area contributed by atoms with Gasteiger partial charge in [0.05, 0.1) is 43.6 Å². The summed E-state index contributed by atoms with van der Waals surface area (Å²) in [5.41, 5.74) is 4.30. The van der Waals surface area contributed by atoms with Crippen LogP contribution < -0.4 is 4.74 Å². The molecule has 2 aromatic carbocycles. The molecule has 1 aliphatic rings. The van der Waals surface area contributed by atoms with Gasteiger partial charge in [-0.25, -0.2) is 0 Å². The molecule has 0 aromatic heterocycles. The molecule has 0 unspecified atom stereocenters. The van der Waals surface area contributed by atoms with Gasteiger partial charge in [-0.3, -0.25) is 4.79 Å². The summed E-state index contributed by atoms with van der Waals surface area (Å²) in [6.07, 6.45) is 0.478. The number of amides is 1. The summed E-state index contributed by atoms with van der Waals surface area (Å²) in [5, 5.41) is 22.9. The molecule has 29 heavy (non-hydrogen) atoms. The Balaban J connectivity index is 1.96. The van der Waals surface area contributed by atoms with E-state index < -0.39 is 0 Å². The van der Waals surface area contributed by atoms with Crippen LogP contribution in [0.1, 0.15) is 27.9 Å². The summed E-state index contributed by atoms with van der Waals surface area (Å²) in [6.45, 7) is 2.05. The molecule has 1 N–H and O–H groups in total. The van der Waals surface area contributed by atoms with Crippen LogP contribution in [0.3, 0.4) is 0 Å². The quantitative estimate of drug-likeness (QED) is 0.788. The highest BCUT2D eigenvalue weighted by atomic mass is 16.6. The molecule has 1 heterocycles. The molecule has 2 aromatic rings. The molecular weight excluding hydrogens is 370 g/mol. The van der Waals surface area contributed by atoms with E-state index in [0.717, 1.165) is 16.7 Å². The van der Waals surface area contributed by atoms with E-state index in [1.54, 1.807) is 30.2 Å². The molecule has 3 rings (SSSR count). The highest BCUT2D eigenvalue weighted by molar-refractivity contribution is 6.01. The lowest BCUT2D eigenvalue weighted by Gasteiger charge is -2.23. The van der Waals surface area contributed by atoms with Crippen LogP contribution in [0.5, 0.6) is 5.75 Å². The van der Waals surface area contributed by atoms with Crippen LogP contribution in [0, 0.1) is 18.3 Å². The van der Waals surface area contributed by atoms with Crippen molar-refractivity contribution < 1.29 is 19.5 Å². The lowest BCUT2D eigenvalue weighted by atomic mass is 9.95. The Morgan fingerprint density at radius 2 is 2.10 bits per heavy atom. The number of nitriles is 1. The third-order valence-electron chi connectivity index (χ3n) is 5.15. The number of methoxy groups -OCH3 is 1. The van der Waals surface area contributed by atoms with Gasteiger partial charge in [-0.1, -0.05) is 17.3 Å². The summed E-state index contributed by atoms with van der Waals surface area (Å²) in [7, 11) is 3.00. The van der Waals surface area contributed by atoms with Crippen molar-refractivity contribution in [3.05, 3.63) is 53.1 Å². The number of carbonyl (C=O) groups excluding carboxylic acids is 1. The minimum atomic E-state index is -0.336. The second-order valence-corrected chi connectivity index (χ2v) is 6.82. The van der Waals surface area contributed by atoms with Gasteiger partial charge in [0.15, 0.2) is 0 Å². The normalized spacial score (nSPS) is 17.3. The first-order valence-electron chi connectivity index (χ1n) is 9.22. The van der Waals surface area contributed by atoms with E-state index >= 15 is 0 Å². The standard InChI is InChI=1S/C22H23N3O4/c1-14-16(11-23)5-4-6-19(14)20-8-7-15(9-21(20)28-2)22(27)25-12-17(24-29-3)10-18(25)13-26/h4-9,18,26H,10,12-13H2,1-3H3/b24-17+/t18-/m0/s1. The highest BCUT2D eigenvalue weighted by Crippen LogP contribution is 2.34. The van der Waals surface area contributed by atoms with Gasteiger partial charge in [-0.05, 0) is 42.3 Å². The molecule has 150 valence electrons. The molecular formula is C22H23N3O4. The molecule has 7 heteroatoms. The minimum Gasteiger partial charge on any atom is -0.496 e. The average Bonchev–Trinajstić information content (AvgIpc) is 3.16. The van der Waals surface area contributed by atoms with Crippen LogP contribution in [0.25, 0.3) is 11.1 Å². The van der Waals surface area contributed by atoms with Crippen LogP contribution in [0.2, 0.25) is 0 Å². The number of likely N-dealkylation sites (tertiary alicyclic amines) is 1. The lowest BCUT2D eigenvalue weighted by Crippen LogP contribution is -2.37. The van der Waals surface area contributed by atoms with Crippen molar-refractivity contribution in [1.29, 1.82) is 5.26 Å². The first-order chi connectivity index (χ1) is 14.0. The molecule has 1 aliphatic heterocycles. The summed E-state index contributed by atoms with van der Waals surface area (Å²) in [4.78, 5) is 19.5. The molecule has 0 aliphatic carbocycles. The van der Waals surface area contributed by atoms with Crippen molar-refractivity contribution in [2.75, 3.05) is 27.4 Å². The second-order valence-electron chi connectivity index (χ2n) is 6.82. The van der Waals surface area contributed by atoms with E-state index in [2.05, 4.69) is 11.2 Å². The first kappa shape index (κ1) is 20.4. The SMILES string of the molecule is CO/N=C1\C[C@@H](CO)N(C(=O)c2ccc(-c3cccc(C#N)c3C)c(OC)c2)C1. The molecule has 0 saturated carbocycles. The zero-order valence-electron chi connectivity index (χ0n) is 16.7. The van der Waals surface area contributed by atoms with Crippen LogP contribution in [0.15, 0.2) is 41.6 Å². The van der Waals surface area contributed by atoms with E-state index in [-0.39, 0.29) is 18.6 Å². The smallest absolute Gasteiger partial charge is 0.254 e. The van der Waals surface area contributed by atoms with Crippen LogP contribution in [-0.4, -0.2) is 55.0 Å². The van der Waals surface area contributed by atoms with Crippen molar-refractivity contribution in [1.82, 2.24) is 4.90 Å². The number of benzene rings is 2. The summed E-state index contributed by atoms with van der Waals surface area (Å²) < 4.78 is 5.55. The van der Waals surface area contributed by atoms with Crippen molar-refractivity contribution in [2.45, 2.75) is 19.4 Å². The number of hydrogen-bond acceptors (Lipinski definition) is 6. The largest absolute Gasteiger partial charge is 0.496 e. The maximum atomic E-state index is 13.1. The highest BCUT2D eigenvalue weighted by Gasteiger charge is 2.33. The Bertz CT molecular complexity index is 994. The van der Waals surface area contributed by atoms with Crippen LogP contribution in [0.4, 0.5) is 0 Å². The van der Waals surface area contributed by atoms with Gasteiger partial charge in [0.2, 0.25) is 0 Å². The molecule has 0 spiro atoms. The van der Waals surface area contributed by atoms with Gasteiger partial charge >= 0.3 is 0 Å². The van der Waals surface area contributed by atoms with Gasteiger partial charge in [-0.2, -0.15) is 5.26 Å². The zero-order chi connectivity index (χ0) is 21.0. The third-order valence-corrected chi connectivity index (χ3v) is 5.15. The fourth-order valence-electron chi connectivity index (χ4n) is 3.63. The summed E-state index contributed by atoms with van der Waals surface area (Å²) >= 11 is 0. The van der Waals surface area contributed by atoms with Gasteiger partial charge in [0, 0.05) is 17.5 Å². The van der Waals surface area contributed by atoms with Gasteiger partial charge < -0.3 is 19.6 Å². The number of carbonyl (C=O) groups is 1. The topological polar surface area (TPSA) is 95.2 Å². The Kier molecular flexibility index (Phi) is 6.15. The van der Waals surface area contributed by atoms with E-state index in [1.807, 2.05) is 25.1 Å². The van der Waals surface area contributed by atoms with Crippen LogP contribution >= 0.6 is 0 Å². The third kappa shape index (κ3) is 3.93. The fraction of sp³-hybridized carbons (Fsp3) is 0.318. The minimum absolute atomic E-state index is 0.149. The molecule has 1 fully saturated rings. The number of aliphatic hydroxyl groups excluding tert-OH is 1. The summed E-state index contributed by atoms with van der Waals surface area (Å²) in [5.74, 6) is 0.331. The van der Waals surface area contributed by atoms with Crippen LogP contribution in [-0.2, 0) is 4.84 Å². The monoisotopic (exact) mass is 393 g/mol. The predicted octanol–water partition coefficient (Wildman–Crippen LogP) is 2.75. The van der Waals surface area contributed by atoms with E-state index in [0.29, 0.717) is 35.6 Å². The van der Waals surface area contributed by atoms with Crippen molar-refractivity contribution in [2.24, 2.45) is 5.16 Å². The predicted molar refractivity (Wildman–Crippen MR) is 109 cm³/mol. The van der Waals surface area contributed by atoms with Crippen molar-refractivity contribution in [3.8, 4) is 22.9 Å². The molecule has 1 atom stereocenters. The Labute approximate surface area is 169 Å². The van der Waals surface area contributed by atoms with Gasteiger partial charge in [0.25, 0.3) is 5.91 Å². The number of hydrogen-bond donors (Lipinski definition) is 1. The second kappa shape index (κ2) is 8.76. The molecule has 1 saturated heterocycles. The van der Waals surface area contributed by atoms with Crippen molar-refractivity contribution in [3.63, 3.8) is 0 Å². The van der Waals surface area contributed by atoms with Gasteiger partial charge in [0.1, 0.15) is 12.9 Å². The Hall–Kier alpha value is -3.37. The number of rotatable bonds is 5. The zero-order valence-corrected chi connectivity index (χ0v) is 16.7. The van der Waals surface area contributed by atoms with E-state index in [1.165, 1.54) is 7.11 Å². The molecule has 1 amide bonds. The van der Waals surface area contributed by atoms with E-state index in [9.17, 15) is 15.2 Å². The van der Waals surface area contributed by atoms with Crippen molar-refractivity contribution >= 4 is 11.6 Å². The Morgan fingerprint density at radius 1 is 1.31 bits per heavy atom. The fourth-order valence-corrected chi connectivity index (χ4v) is 3.63. The Morgan fingerprint density at radius 3 is 2.76 bits per heavy atom. The number of aliphatic hydroxyl groups is 1. The molecule has 7 nitrogen and oxygen atoms in total. The molecule has 0 radical (unpaired) electrons. The van der Waals surface area contributed by atoms with Gasteiger partial charge in [-0.15, -0.1) is 0 Å².